The minimum atomic E-state index is -0.674. The molecule has 1 aliphatic heterocycles. The number of nitrogens with zero attached hydrogens (tertiary/aromatic N) is 3. The van der Waals surface area contributed by atoms with Crippen molar-refractivity contribution in [1.82, 2.24) is 9.80 Å². The van der Waals surface area contributed by atoms with E-state index in [0.29, 0.717) is 13.1 Å². The van der Waals surface area contributed by atoms with Crippen molar-refractivity contribution >= 4 is 11.6 Å². The van der Waals surface area contributed by atoms with E-state index in [0.717, 1.165) is 32.1 Å². The predicted octanol–water partition coefficient (Wildman–Crippen LogP) is 1.47. The largest absolute Gasteiger partial charge is 0.502 e. The second-order valence-electron chi connectivity index (χ2n) is 5.09. The number of aromatic hydroxyl groups is 1. The molecule has 0 aliphatic carbocycles. The van der Waals surface area contributed by atoms with Gasteiger partial charge < -0.3 is 10.0 Å². The second kappa shape index (κ2) is 6.53. The summed E-state index contributed by atoms with van der Waals surface area (Å²) in [5, 5.41) is 20.2. The lowest BCUT2D eigenvalue weighted by molar-refractivity contribution is -0.385. The fourth-order valence-electron chi connectivity index (χ4n) is 2.48. The highest BCUT2D eigenvalue weighted by Gasteiger charge is 2.23. The first-order valence-electron chi connectivity index (χ1n) is 7.02. The number of phenolic OH excluding ortho intramolecular Hbond substituents is 1. The molecule has 7 heteroatoms. The normalized spacial score (nSPS) is 16.0. The van der Waals surface area contributed by atoms with Gasteiger partial charge in [0.05, 0.1) is 4.92 Å². The number of nitro benzene ring substituents is 1. The lowest BCUT2D eigenvalue weighted by atomic mass is 10.1. The Morgan fingerprint density at radius 2 is 2.00 bits per heavy atom. The zero-order valence-corrected chi connectivity index (χ0v) is 12.0. The van der Waals surface area contributed by atoms with Crippen molar-refractivity contribution in [2.75, 3.05) is 32.7 Å². The number of rotatable bonds is 4. The number of hydrogen-bond donors (Lipinski definition) is 1. The smallest absolute Gasteiger partial charge is 0.310 e. The van der Waals surface area contributed by atoms with Crippen LogP contribution in [0.25, 0.3) is 0 Å². The molecule has 7 nitrogen and oxygen atoms in total. The first kappa shape index (κ1) is 15.2. The van der Waals surface area contributed by atoms with E-state index in [1.54, 1.807) is 4.90 Å². The van der Waals surface area contributed by atoms with Crippen molar-refractivity contribution in [2.24, 2.45) is 0 Å². The highest BCUT2D eigenvalue weighted by Crippen LogP contribution is 2.26. The molecule has 114 valence electrons. The molecular weight excluding hydrogens is 274 g/mol. The minimum Gasteiger partial charge on any atom is -0.502 e. The molecular formula is C14H19N3O4. The van der Waals surface area contributed by atoms with Crippen LogP contribution < -0.4 is 0 Å². The fourth-order valence-corrected chi connectivity index (χ4v) is 2.48. The van der Waals surface area contributed by atoms with E-state index in [-0.39, 0.29) is 17.2 Å². The molecule has 0 saturated carbocycles. The first-order chi connectivity index (χ1) is 10.0. The van der Waals surface area contributed by atoms with Crippen LogP contribution in [0.1, 0.15) is 23.7 Å². The van der Waals surface area contributed by atoms with Crippen molar-refractivity contribution in [1.29, 1.82) is 0 Å². The monoisotopic (exact) mass is 293 g/mol. The van der Waals surface area contributed by atoms with Crippen LogP contribution in [-0.4, -0.2) is 58.5 Å². The molecule has 0 atom stereocenters. The molecule has 1 heterocycles. The van der Waals surface area contributed by atoms with Gasteiger partial charge in [0.25, 0.3) is 5.91 Å². The predicted molar refractivity (Wildman–Crippen MR) is 77.4 cm³/mol. The molecule has 0 bridgehead atoms. The molecule has 1 aliphatic rings. The maximum Gasteiger partial charge on any atom is 0.310 e. The Morgan fingerprint density at radius 3 is 2.52 bits per heavy atom. The average molecular weight is 293 g/mol. The van der Waals surface area contributed by atoms with E-state index in [4.69, 9.17) is 0 Å². The van der Waals surface area contributed by atoms with Crippen LogP contribution in [0.5, 0.6) is 5.75 Å². The van der Waals surface area contributed by atoms with Gasteiger partial charge in [-0.25, -0.2) is 0 Å². The third-order valence-corrected chi connectivity index (χ3v) is 3.62. The third-order valence-electron chi connectivity index (χ3n) is 3.62. The lowest BCUT2D eigenvalue weighted by Gasteiger charge is -2.34. The van der Waals surface area contributed by atoms with Crippen molar-refractivity contribution in [3.63, 3.8) is 0 Å². The van der Waals surface area contributed by atoms with Crippen molar-refractivity contribution < 1.29 is 14.8 Å². The molecule has 1 aromatic rings. The van der Waals surface area contributed by atoms with Gasteiger partial charge in [0, 0.05) is 37.8 Å². The number of carbonyl (C=O) groups excluding carboxylic acids is 1. The summed E-state index contributed by atoms with van der Waals surface area (Å²) < 4.78 is 0. The van der Waals surface area contributed by atoms with Crippen molar-refractivity contribution in [2.45, 2.75) is 13.3 Å². The molecule has 2 rings (SSSR count). The molecule has 1 fully saturated rings. The van der Waals surface area contributed by atoms with Gasteiger partial charge in [-0.1, -0.05) is 6.92 Å². The Labute approximate surface area is 122 Å². The zero-order valence-electron chi connectivity index (χ0n) is 12.0. The van der Waals surface area contributed by atoms with E-state index in [1.165, 1.54) is 12.1 Å². The van der Waals surface area contributed by atoms with Gasteiger partial charge in [-0.3, -0.25) is 19.8 Å². The number of piperazine rings is 1. The highest BCUT2D eigenvalue weighted by atomic mass is 16.6. The van der Waals surface area contributed by atoms with Crippen LogP contribution in [0.15, 0.2) is 18.2 Å². The number of benzene rings is 1. The van der Waals surface area contributed by atoms with Crippen molar-refractivity contribution in [3.8, 4) is 5.75 Å². The van der Waals surface area contributed by atoms with Gasteiger partial charge in [0.15, 0.2) is 5.75 Å². The summed E-state index contributed by atoms with van der Waals surface area (Å²) in [6.45, 7) is 6.09. The Balaban J connectivity index is 2.04. The summed E-state index contributed by atoms with van der Waals surface area (Å²) >= 11 is 0. The number of phenols is 1. The van der Waals surface area contributed by atoms with Gasteiger partial charge in [0.2, 0.25) is 0 Å². The van der Waals surface area contributed by atoms with Gasteiger partial charge in [-0.2, -0.15) is 0 Å². The van der Waals surface area contributed by atoms with E-state index >= 15 is 0 Å². The molecule has 0 aromatic heterocycles. The Hall–Kier alpha value is -2.15. The highest BCUT2D eigenvalue weighted by molar-refractivity contribution is 5.95. The molecule has 1 saturated heterocycles. The average Bonchev–Trinajstić information content (AvgIpc) is 2.47. The van der Waals surface area contributed by atoms with E-state index in [2.05, 4.69) is 11.8 Å². The van der Waals surface area contributed by atoms with Gasteiger partial charge in [0.1, 0.15) is 0 Å². The van der Waals surface area contributed by atoms with E-state index < -0.39 is 10.7 Å². The van der Waals surface area contributed by atoms with Gasteiger partial charge in [-0.05, 0) is 25.1 Å². The Kier molecular flexibility index (Phi) is 4.74. The quantitative estimate of drug-likeness (QED) is 0.671. The maximum atomic E-state index is 12.3. The summed E-state index contributed by atoms with van der Waals surface area (Å²) in [6, 6.07) is 3.72. The SMILES string of the molecule is CCCN1CCN(C(=O)c2ccc([N+](=O)[O-])c(O)c2)CC1. The van der Waals surface area contributed by atoms with E-state index in [1.807, 2.05) is 0 Å². The summed E-state index contributed by atoms with van der Waals surface area (Å²) in [6.07, 6.45) is 1.09. The fraction of sp³-hybridized carbons (Fsp3) is 0.500. The summed E-state index contributed by atoms with van der Waals surface area (Å²) in [5.74, 6) is -0.674. The number of hydrogen-bond acceptors (Lipinski definition) is 5. The molecule has 1 aromatic carbocycles. The Bertz CT molecular complexity index is 539. The van der Waals surface area contributed by atoms with Crippen molar-refractivity contribution in [3.05, 3.63) is 33.9 Å². The van der Waals surface area contributed by atoms with Crippen LogP contribution in [0.3, 0.4) is 0 Å². The molecule has 0 radical (unpaired) electrons. The maximum absolute atomic E-state index is 12.3. The molecule has 1 N–H and O–H groups in total. The zero-order chi connectivity index (χ0) is 15.4. The summed E-state index contributed by atoms with van der Waals surface area (Å²) in [7, 11) is 0. The number of amides is 1. The Morgan fingerprint density at radius 1 is 1.33 bits per heavy atom. The van der Waals surface area contributed by atoms with Crippen LogP contribution in [0.4, 0.5) is 5.69 Å². The summed E-state index contributed by atoms with van der Waals surface area (Å²) in [4.78, 5) is 26.3. The van der Waals surface area contributed by atoms with Crippen LogP contribution >= 0.6 is 0 Å². The second-order valence-corrected chi connectivity index (χ2v) is 5.09. The summed E-state index contributed by atoms with van der Waals surface area (Å²) in [5.41, 5.74) is -0.110. The number of nitro groups is 1. The lowest BCUT2D eigenvalue weighted by Crippen LogP contribution is -2.48. The molecule has 0 spiro atoms. The standard InChI is InChI=1S/C14H19N3O4/c1-2-5-15-6-8-16(9-7-15)14(19)11-3-4-12(17(20)21)13(18)10-11/h3-4,10,18H,2,5-9H2,1H3. The van der Waals surface area contributed by atoms with Gasteiger partial charge >= 0.3 is 5.69 Å². The molecule has 0 unspecified atom stereocenters. The first-order valence-corrected chi connectivity index (χ1v) is 7.02. The molecule has 21 heavy (non-hydrogen) atoms. The van der Waals surface area contributed by atoms with Crippen LogP contribution in [-0.2, 0) is 0 Å². The van der Waals surface area contributed by atoms with E-state index in [9.17, 15) is 20.0 Å². The third kappa shape index (κ3) is 3.49. The number of carbonyl (C=O) groups is 1. The molecule has 1 amide bonds. The van der Waals surface area contributed by atoms with Gasteiger partial charge in [-0.15, -0.1) is 0 Å². The topological polar surface area (TPSA) is 86.9 Å². The van der Waals surface area contributed by atoms with Crippen LogP contribution in [0.2, 0.25) is 0 Å². The van der Waals surface area contributed by atoms with Crippen LogP contribution in [0, 0.1) is 10.1 Å². The minimum absolute atomic E-state index is 0.198.